The average molecular weight is 410 g/mol. The van der Waals surface area contributed by atoms with E-state index in [1.54, 1.807) is 40.0 Å². The molecule has 148 valence electrons. The van der Waals surface area contributed by atoms with Crippen molar-refractivity contribution < 1.29 is 14.3 Å². The molecule has 0 N–H and O–H groups in total. The number of hydrogen-bond donors (Lipinski definition) is 0. The Morgan fingerprint density at radius 2 is 1.69 bits per heavy atom. The first-order valence-electron chi connectivity index (χ1n) is 9.48. The first-order valence-corrected chi connectivity index (χ1v) is 9.85. The number of halogens is 1. The molecule has 2 heterocycles. The highest BCUT2D eigenvalue weighted by atomic mass is 35.5. The second-order valence-electron chi connectivity index (χ2n) is 6.84. The van der Waals surface area contributed by atoms with Gasteiger partial charge in [-0.15, -0.1) is 0 Å². The molecule has 0 radical (unpaired) electrons. The molecule has 1 aromatic heterocycles. The van der Waals surface area contributed by atoms with Crippen LogP contribution in [-0.4, -0.2) is 46.3 Å². The number of ether oxygens (including phenoxy) is 1. The van der Waals surface area contributed by atoms with Crippen molar-refractivity contribution in [2.24, 2.45) is 0 Å². The van der Waals surface area contributed by atoms with Crippen LogP contribution < -0.4 is 0 Å². The second-order valence-corrected chi connectivity index (χ2v) is 7.28. The molecule has 1 fully saturated rings. The first kappa shape index (κ1) is 19.2. The summed E-state index contributed by atoms with van der Waals surface area (Å²) in [4.78, 5) is 26.7. The highest BCUT2D eigenvalue weighted by Crippen LogP contribution is 2.26. The van der Waals surface area contributed by atoms with Crippen molar-refractivity contribution in [3.63, 3.8) is 0 Å². The summed E-state index contributed by atoms with van der Waals surface area (Å²) in [6, 6.07) is 16.6. The molecular weight excluding hydrogens is 390 g/mol. The Balaban J connectivity index is 1.61. The molecule has 6 nitrogen and oxygen atoms in total. The maximum absolute atomic E-state index is 12.8. The van der Waals surface area contributed by atoms with Crippen LogP contribution in [0.1, 0.15) is 23.2 Å². The van der Waals surface area contributed by atoms with E-state index in [1.807, 2.05) is 30.3 Å². The number of carbonyl (C=O) groups is 2. The van der Waals surface area contributed by atoms with E-state index in [9.17, 15) is 9.59 Å². The van der Waals surface area contributed by atoms with Crippen LogP contribution in [0.15, 0.2) is 60.8 Å². The highest BCUT2D eigenvalue weighted by molar-refractivity contribution is 6.30. The van der Waals surface area contributed by atoms with Crippen molar-refractivity contribution in [3.8, 4) is 16.9 Å². The number of rotatable bonds is 5. The Morgan fingerprint density at radius 1 is 1.00 bits per heavy atom. The van der Waals surface area contributed by atoms with Crippen LogP contribution in [0, 0.1) is 0 Å². The van der Waals surface area contributed by atoms with Crippen molar-refractivity contribution in [3.05, 3.63) is 71.4 Å². The maximum Gasteiger partial charge on any atom is 0.342 e. The lowest BCUT2D eigenvalue weighted by molar-refractivity contribution is -0.133. The molecule has 0 aliphatic carbocycles. The Morgan fingerprint density at radius 3 is 2.38 bits per heavy atom. The molecule has 0 spiro atoms. The number of esters is 1. The van der Waals surface area contributed by atoms with Gasteiger partial charge in [0.1, 0.15) is 11.3 Å². The predicted molar refractivity (Wildman–Crippen MR) is 110 cm³/mol. The minimum Gasteiger partial charge on any atom is -0.452 e. The fraction of sp³-hybridized carbons (Fsp3) is 0.227. The van der Waals surface area contributed by atoms with E-state index in [0.717, 1.165) is 37.2 Å². The molecule has 0 unspecified atom stereocenters. The quantitative estimate of drug-likeness (QED) is 0.598. The maximum atomic E-state index is 12.8. The smallest absolute Gasteiger partial charge is 0.342 e. The average Bonchev–Trinajstić information content (AvgIpc) is 3.43. The van der Waals surface area contributed by atoms with Crippen molar-refractivity contribution >= 4 is 23.5 Å². The second kappa shape index (κ2) is 8.49. The van der Waals surface area contributed by atoms with E-state index in [-0.39, 0.29) is 12.5 Å². The van der Waals surface area contributed by atoms with E-state index in [0.29, 0.717) is 16.3 Å². The standard InChI is InChI=1S/C22H20ClN3O3/c23-17-10-8-16(9-11-17)21-19(14-26(24-21)18-6-2-1-3-7-18)22(28)29-15-20(27)25-12-4-5-13-25/h1-3,6-11,14H,4-5,12-13,15H2. The fourth-order valence-corrected chi connectivity index (χ4v) is 3.45. The molecule has 0 atom stereocenters. The van der Waals surface area contributed by atoms with Gasteiger partial charge in [-0.2, -0.15) is 5.10 Å². The van der Waals surface area contributed by atoms with Gasteiger partial charge in [0.2, 0.25) is 0 Å². The Hall–Kier alpha value is -3.12. The monoisotopic (exact) mass is 409 g/mol. The Bertz CT molecular complexity index is 1010. The van der Waals surface area contributed by atoms with Gasteiger partial charge < -0.3 is 9.64 Å². The van der Waals surface area contributed by atoms with Gasteiger partial charge in [-0.1, -0.05) is 41.9 Å². The molecule has 1 saturated heterocycles. The van der Waals surface area contributed by atoms with Gasteiger partial charge in [-0.3, -0.25) is 4.79 Å². The third-order valence-corrected chi connectivity index (χ3v) is 5.11. The number of amides is 1. The summed E-state index contributed by atoms with van der Waals surface area (Å²) in [6.45, 7) is 1.17. The summed E-state index contributed by atoms with van der Waals surface area (Å²) >= 11 is 5.99. The zero-order valence-electron chi connectivity index (χ0n) is 15.8. The van der Waals surface area contributed by atoms with E-state index < -0.39 is 5.97 Å². The van der Waals surface area contributed by atoms with Gasteiger partial charge >= 0.3 is 5.97 Å². The number of carbonyl (C=O) groups excluding carboxylic acids is 2. The highest BCUT2D eigenvalue weighted by Gasteiger charge is 2.23. The first-order chi connectivity index (χ1) is 14.1. The number of benzene rings is 2. The van der Waals surface area contributed by atoms with Crippen molar-refractivity contribution in [1.82, 2.24) is 14.7 Å². The fourth-order valence-electron chi connectivity index (χ4n) is 3.32. The third-order valence-electron chi connectivity index (χ3n) is 4.86. The SMILES string of the molecule is O=C(OCC(=O)N1CCCC1)c1cn(-c2ccccc2)nc1-c1ccc(Cl)cc1. The summed E-state index contributed by atoms with van der Waals surface area (Å²) in [6.07, 6.45) is 3.61. The zero-order valence-corrected chi connectivity index (χ0v) is 16.5. The molecule has 2 aromatic carbocycles. The van der Waals surface area contributed by atoms with Gasteiger partial charge in [0, 0.05) is 29.9 Å². The van der Waals surface area contributed by atoms with Crippen LogP contribution in [-0.2, 0) is 9.53 Å². The summed E-state index contributed by atoms with van der Waals surface area (Å²) in [7, 11) is 0. The van der Waals surface area contributed by atoms with Gasteiger partial charge in [0.05, 0.1) is 5.69 Å². The predicted octanol–water partition coefficient (Wildman–Crippen LogP) is 3.97. The van der Waals surface area contributed by atoms with Crippen molar-refractivity contribution in [2.75, 3.05) is 19.7 Å². The van der Waals surface area contributed by atoms with Crippen LogP contribution in [0.5, 0.6) is 0 Å². The molecule has 4 rings (SSSR count). The number of likely N-dealkylation sites (tertiary alicyclic amines) is 1. The molecule has 0 bridgehead atoms. The third kappa shape index (κ3) is 4.32. The Labute approximate surface area is 173 Å². The van der Waals surface area contributed by atoms with Crippen LogP contribution in [0.4, 0.5) is 0 Å². The lowest BCUT2D eigenvalue weighted by Gasteiger charge is -2.14. The van der Waals surface area contributed by atoms with Crippen LogP contribution in [0.3, 0.4) is 0 Å². The lowest BCUT2D eigenvalue weighted by Crippen LogP contribution is -2.32. The molecule has 7 heteroatoms. The summed E-state index contributed by atoms with van der Waals surface area (Å²) in [5, 5.41) is 5.18. The van der Waals surface area contributed by atoms with Crippen LogP contribution in [0.25, 0.3) is 16.9 Å². The van der Waals surface area contributed by atoms with E-state index in [2.05, 4.69) is 5.10 Å². The molecular formula is C22H20ClN3O3. The Kier molecular flexibility index (Phi) is 5.62. The summed E-state index contributed by atoms with van der Waals surface area (Å²) < 4.78 is 6.96. The molecule has 1 aliphatic rings. The number of para-hydroxylation sites is 1. The van der Waals surface area contributed by atoms with Gasteiger partial charge in [-0.05, 0) is 37.1 Å². The van der Waals surface area contributed by atoms with Crippen LogP contribution in [0.2, 0.25) is 5.02 Å². The number of hydrogen-bond acceptors (Lipinski definition) is 4. The van der Waals surface area contributed by atoms with E-state index >= 15 is 0 Å². The summed E-state index contributed by atoms with van der Waals surface area (Å²) in [5.74, 6) is -0.746. The van der Waals surface area contributed by atoms with Gasteiger partial charge in [0.15, 0.2) is 6.61 Å². The summed E-state index contributed by atoms with van der Waals surface area (Å²) in [5.41, 5.74) is 2.33. The number of aromatic nitrogens is 2. The van der Waals surface area contributed by atoms with Crippen LogP contribution >= 0.6 is 11.6 Å². The van der Waals surface area contributed by atoms with Gasteiger partial charge in [0.25, 0.3) is 5.91 Å². The van der Waals surface area contributed by atoms with E-state index in [4.69, 9.17) is 16.3 Å². The zero-order chi connectivity index (χ0) is 20.2. The normalized spacial score (nSPS) is 13.5. The van der Waals surface area contributed by atoms with Crippen molar-refractivity contribution in [1.29, 1.82) is 0 Å². The topological polar surface area (TPSA) is 64.4 Å². The number of nitrogens with zero attached hydrogens (tertiary/aromatic N) is 3. The lowest BCUT2D eigenvalue weighted by atomic mass is 10.1. The molecule has 0 saturated carbocycles. The molecule has 1 amide bonds. The largest absolute Gasteiger partial charge is 0.452 e. The van der Waals surface area contributed by atoms with E-state index in [1.165, 1.54) is 0 Å². The molecule has 3 aromatic rings. The minimum absolute atomic E-state index is 0.167. The minimum atomic E-state index is -0.579. The van der Waals surface area contributed by atoms with Gasteiger partial charge in [-0.25, -0.2) is 9.48 Å². The molecule has 1 aliphatic heterocycles. The van der Waals surface area contributed by atoms with Crippen molar-refractivity contribution in [2.45, 2.75) is 12.8 Å². The molecule has 29 heavy (non-hydrogen) atoms.